The van der Waals surface area contributed by atoms with Crippen molar-refractivity contribution in [2.45, 2.75) is 6.42 Å². The summed E-state index contributed by atoms with van der Waals surface area (Å²) in [5.74, 6) is 0. The smallest absolute Gasteiger partial charge is 0.0406 e. The molecule has 0 N–H and O–H groups in total. The van der Waals surface area contributed by atoms with Gasteiger partial charge in [-0.2, -0.15) is 0 Å². The Bertz CT molecular complexity index is 550. The van der Waals surface area contributed by atoms with Gasteiger partial charge in [0, 0.05) is 5.02 Å². The average molecular weight is 227 g/mol. The van der Waals surface area contributed by atoms with Crippen molar-refractivity contribution in [1.29, 1.82) is 0 Å². The number of halogens is 1. The van der Waals surface area contributed by atoms with E-state index in [2.05, 4.69) is 42.5 Å². The zero-order chi connectivity index (χ0) is 11.0. The maximum atomic E-state index is 5.90. The highest BCUT2D eigenvalue weighted by Gasteiger charge is 2.10. The Morgan fingerprint density at radius 3 is 2.56 bits per heavy atom. The lowest BCUT2D eigenvalue weighted by Crippen LogP contribution is -1.86. The van der Waals surface area contributed by atoms with Gasteiger partial charge in [0.1, 0.15) is 0 Å². The quantitative estimate of drug-likeness (QED) is 0.668. The molecule has 0 heterocycles. The molecule has 78 valence electrons. The van der Waals surface area contributed by atoms with E-state index in [1.807, 2.05) is 12.1 Å². The van der Waals surface area contributed by atoms with Gasteiger partial charge in [0.05, 0.1) is 0 Å². The molecule has 0 fully saturated rings. The van der Waals surface area contributed by atoms with E-state index in [1.54, 1.807) is 0 Å². The molecule has 0 atom stereocenters. The normalized spacial score (nSPS) is 12.8. The summed E-state index contributed by atoms with van der Waals surface area (Å²) in [5, 5.41) is 0.784. The van der Waals surface area contributed by atoms with Crippen LogP contribution in [0, 0.1) is 0 Å². The highest BCUT2D eigenvalue weighted by molar-refractivity contribution is 6.30. The molecular formula is C15H11Cl. The van der Waals surface area contributed by atoms with E-state index in [0.29, 0.717) is 0 Å². The van der Waals surface area contributed by atoms with E-state index in [1.165, 1.54) is 22.3 Å². The molecular weight excluding hydrogens is 216 g/mol. The first-order valence-electron chi connectivity index (χ1n) is 5.39. The third-order valence-corrected chi connectivity index (χ3v) is 3.23. The zero-order valence-corrected chi connectivity index (χ0v) is 9.54. The monoisotopic (exact) mass is 226 g/mol. The fourth-order valence-corrected chi connectivity index (χ4v) is 2.30. The van der Waals surface area contributed by atoms with Gasteiger partial charge in [-0.15, -0.1) is 0 Å². The summed E-state index contributed by atoms with van der Waals surface area (Å²) in [4.78, 5) is 0. The second-order valence-electron chi connectivity index (χ2n) is 3.99. The molecule has 1 heteroatoms. The van der Waals surface area contributed by atoms with E-state index in [0.717, 1.165) is 11.4 Å². The Labute approximate surface area is 100 Å². The standard InChI is InChI=1S/C15H11Cl/c16-13-9-7-12(8-10-13)15-6-2-4-11-3-1-5-14(11)15/h1-2,4-10H,3H2. The van der Waals surface area contributed by atoms with Gasteiger partial charge < -0.3 is 0 Å². The molecule has 0 aliphatic heterocycles. The molecule has 0 radical (unpaired) electrons. The first-order valence-corrected chi connectivity index (χ1v) is 5.77. The maximum Gasteiger partial charge on any atom is 0.0406 e. The third-order valence-electron chi connectivity index (χ3n) is 2.97. The Morgan fingerprint density at radius 1 is 0.938 bits per heavy atom. The number of allylic oxidation sites excluding steroid dienone is 1. The van der Waals surface area contributed by atoms with Gasteiger partial charge in [-0.25, -0.2) is 0 Å². The van der Waals surface area contributed by atoms with Gasteiger partial charge in [0.25, 0.3) is 0 Å². The maximum absolute atomic E-state index is 5.90. The number of benzene rings is 2. The fraction of sp³-hybridized carbons (Fsp3) is 0.0667. The van der Waals surface area contributed by atoms with Crippen molar-refractivity contribution in [3.8, 4) is 11.1 Å². The largest absolute Gasteiger partial charge is 0.0843 e. The van der Waals surface area contributed by atoms with Crippen molar-refractivity contribution >= 4 is 17.7 Å². The topological polar surface area (TPSA) is 0 Å². The van der Waals surface area contributed by atoms with Crippen molar-refractivity contribution in [3.63, 3.8) is 0 Å². The van der Waals surface area contributed by atoms with Gasteiger partial charge in [0.2, 0.25) is 0 Å². The minimum absolute atomic E-state index is 0.784. The lowest BCUT2D eigenvalue weighted by Gasteiger charge is -2.07. The second-order valence-corrected chi connectivity index (χ2v) is 4.43. The third kappa shape index (κ3) is 1.56. The van der Waals surface area contributed by atoms with Crippen LogP contribution >= 0.6 is 11.6 Å². The van der Waals surface area contributed by atoms with Gasteiger partial charge in [-0.3, -0.25) is 0 Å². The van der Waals surface area contributed by atoms with Gasteiger partial charge in [-0.1, -0.05) is 54.1 Å². The number of rotatable bonds is 1. The molecule has 0 aromatic heterocycles. The van der Waals surface area contributed by atoms with Gasteiger partial charge >= 0.3 is 0 Å². The Balaban J connectivity index is 2.17. The molecule has 0 unspecified atom stereocenters. The predicted octanol–water partition coefficient (Wildman–Crippen LogP) is 4.58. The van der Waals surface area contributed by atoms with Crippen molar-refractivity contribution in [3.05, 3.63) is 64.7 Å². The molecule has 0 spiro atoms. The van der Waals surface area contributed by atoms with E-state index < -0.39 is 0 Å². The summed E-state index contributed by atoms with van der Waals surface area (Å²) in [7, 11) is 0. The summed E-state index contributed by atoms with van der Waals surface area (Å²) >= 11 is 5.90. The highest BCUT2D eigenvalue weighted by atomic mass is 35.5. The Morgan fingerprint density at radius 2 is 1.75 bits per heavy atom. The molecule has 0 saturated heterocycles. The molecule has 1 aliphatic rings. The predicted molar refractivity (Wildman–Crippen MR) is 69.6 cm³/mol. The molecule has 0 nitrogen and oxygen atoms in total. The Kier molecular flexibility index (Phi) is 2.30. The molecule has 3 rings (SSSR count). The zero-order valence-electron chi connectivity index (χ0n) is 8.78. The van der Waals surface area contributed by atoms with Crippen LogP contribution in [-0.2, 0) is 6.42 Å². The van der Waals surface area contributed by atoms with Gasteiger partial charge in [0.15, 0.2) is 0 Å². The van der Waals surface area contributed by atoms with E-state index >= 15 is 0 Å². The number of hydrogen-bond acceptors (Lipinski definition) is 0. The minimum atomic E-state index is 0.784. The summed E-state index contributed by atoms with van der Waals surface area (Å²) < 4.78 is 0. The molecule has 16 heavy (non-hydrogen) atoms. The molecule has 0 saturated carbocycles. The van der Waals surface area contributed by atoms with Crippen molar-refractivity contribution in [1.82, 2.24) is 0 Å². The number of fused-ring (bicyclic) bond motifs is 1. The van der Waals surface area contributed by atoms with Crippen molar-refractivity contribution < 1.29 is 0 Å². The lowest BCUT2D eigenvalue weighted by molar-refractivity contribution is 1.31. The molecule has 0 bridgehead atoms. The first kappa shape index (κ1) is 9.68. The van der Waals surface area contributed by atoms with Crippen LogP contribution in [0.2, 0.25) is 5.02 Å². The van der Waals surface area contributed by atoms with Crippen LogP contribution < -0.4 is 0 Å². The van der Waals surface area contributed by atoms with Crippen LogP contribution in [0.5, 0.6) is 0 Å². The second kappa shape index (κ2) is 3.80. The van der Waals surface area contributed by atoms with Crippen LogP contribution in [0.15, 0.2) is 48.5 Å². The molecule has 2 aromatic rings. The average Bonchev–Trinajstić information content (AvgIpc) is 2.78. The van der Waals surface area contributed by atoms with Crippen molar-refractivity contribution in [2.24, 2.45) is 0 Å². The Hall–Kier alpha value is -1.53. The summed E-state index contributed by atoms with van der Waals surface area (Å²) in [6.07, 6.45) is 5.47. The van der Waals surface area contributed by atoms with Crippen LogP contribution in [0.25, 0.3) is 17.2 Å². The minimum Gasteiger partial charge on any atom is -0.0843 e. The number of hydrogen-bond donors (Lipinski definition) is 0. The molecule has 0 amide bonds. The van der Waals surface area contributed by atoms with E-state index in [9.17, 15) is 0 Å². The van der Waals surface area contributed by atoms with E-state index in [-0.39, 0.29) is 0 Å². The molecule has 2 aromatic carbocycles. The SMILES string of the molecule is Clc1ccc(-c2cccc3c2C=CC3)cc1. The lowest BCUT2D eigenvalue weighted by atomic mass is 9.97. The van der Waals surface area contributed by atoms with Crippen LogP contribution in [-0.4, -0.2) is 0 Å². The molecule has 1 aliphatic carbocycles. The fourth-order valence-electron chi connectivity index (χ4n) is 2.17. The summed E-state index contributed by atoms with van der Waals surface area (Å²) in [5.41, 5.74) is 5.29. The summed E-state index contributed by atoms with van der Waals surface area (Å²) in [6, 6.07) is 14.5. The van der Waals surface area contributed by atoms with Crippen LogP contribution in [0.4, 0.5) is 0 Å². The van der Waals surface area contributed by atoms with E-state index in [4.69, 9.17) is 11.6 Å². The summed E-state index contributed by atoms with van der Waals surface area (Å²) in [6.45, 7) is 0. The highest BCUT2D eigenvalue weighted by Crippen LogP contribution is 2.31. The van der Waals surface area contributed by atoms with Crippen LogP contribution in [0.3, 0.4) is 0 Å². The van der Waals surface area contributed by atoms with Crippen molar-refractivity contribution in [2.75, 3.05) is 0 Å². The van der Waals surface area contributed by atoms with Gasteiger partial charge in [-0.05, 0) is 40.8 Å². The van der Waals surface area contributed by atoms with Crippen LogP contribution in [0.1, 0.15) is 11.1 Å². The first-order chi connectivity index (χ1) is 7.84.